The van der Waals surface area contributed by atoms with Gasteiger partial charge in [0, 0.05) is 12.5 Å². The molecule has 20 unspecified atom stereocenters. The number of nitrogens with two attached hydrogens (primary N) is 1. The van der Waals surface area contributed by atoms with Gasteiger partial charge in [-0.05, 0) is 34.1 Å². The van der Waals surface area contributed by atoms with E-state index < -0.39 is 166 Å². The lowest BCUT2D eigenvalue weighted by Gasteiger charge is -2.49. The molecule has 56 heavy (non-hydrogen) atoms. The molecule has 4 heterocycles. The van der Waals surface area contributed by atoms with Gasteiger partial charge in [-0.25, -0.2) is 0 Å². The number of rotatable bonds is 15. The molecule has 0 aliphatic carbocycles. The van der Waals surface area contributed by atoms with Gasteiger partial charge in [0.15, 0.2) is 25.2 Å². The van der Waals surface area contributed by atoms with Crippen LogP contribution < -0.4 is 11.1 Å². The van der Waals surface area contributed by atoms with Crippen molar-refractivity contribution in [3.05, 3.63) is 0 Å². The Morgan fingerprint density at radius 1 is 0.554 bits per heavy atom. The Hall–Kier alpha value is -1.37. The van der Waals surface area contributed by atoms with Crippen LogP contribution in [0.3, 0.4) is 0 Å². The summed E-state index contributed by atoms with van der Waals surface area (Å²) in [6.07, 6.45) is -32.6. The monoisotopic (exact) mass is 820 g/mol. The molecule has 328 valence electrons. The molecule has 0 aromatic rings. The topological polar surface area (TPSA) is 372 Å². The third-order valence-corrected chi connectivity index (χ3v) is 9.90. The van der Waals surface area contributed by atoms with Crippen molar-refractivity contribution in [3.63, 3.8) is 0 Å². The Morgan fingerprint density at radius 3 is 1.45 bits per heavy atom. The van der Waals surface area contributed by atoms with Crippen LogP contribution in [-0.2, 0) is 42.7 Å². The Bertz CT molecular complexity index is 1240. The van der Waals surface area contributed by atoms with Crippen molar-refractivity contribution >= 4 is 5.91 Å². The number of ether oxygens (including phenoxy) is 8. The molecule has 0 bridgehead atoms. The van der Waals surface area contributed by atoms with Gasteiger partial charge >= 0.3 is 0 Å². The molecule has 20 atom stereocenters. The van der Waals surface area contributed by atoms with Gasteiger partial charge in [-0.1, -0.05) is 0 Å². The molecular formula is C33H60N2O21. The van der Waals surface area contributed by atoms with E-state index in [0.717, 1.165) is 6.92 Å². The average molecular weight is 821 g/mol. The van der Waals surface area contributed by atoms with Gasteiger partial charge in [-0.15, -0.1) is 0 Å². The summed E-state index contributed by atoms with van der Waals surface area (Å²) in [7, 11) is 0. The summed E-state index contributed by atoms with van der Waals surface area (Å²) < 4.78 is 45.7. The number of hydrogen-bond donors (Lipinski definition) is 14. The fourth-order valence-electron chi connectivity index (χ4n) is 7.48. The lowest BCUT2D eigenvalue weighted by atomic mass is 9.90. The zero-order valence-electron chi connectivity index (χ0n) is 31.7. The fraction of sp³-hybridized carbons (Fsp3) is 0.970. The van der Waals surface area contributed by atoms with Gasteiger partial charge in [0.1, 0.15) is 97.6 Å². The second-order valence-corrected chi connectivity index (χ2v) is 15.9. The van der Waals surface area contributed by atoms with E-state index in [1.807, 2.05) is 0 Å². The van der Waals surface area contributed by atoms with Crippen molar-refractivity contribution < 1.29 is 104 Å². The lowest BCUT2D eigenvalue weighted by Crippen LogP contribution is -2.69. The standard InChI is InChI=1S/C33H60N2O21/c1-11(40)35-16-19(43)17(41)12(6-36)49-28(16)55-27-18(42)13(7-37)50-30(24(27)48)54-25-14(8-38)51-29(22(46)20(25)44)53-26-15(9-39)52-31(23(47)21(26)45)56-33(4,5)10-32(2,3)34/h12-31,36-39,41-48H,6-10,34H2,1-5H3,(H,35,40). The van der Waals surface area contributed by atoms with Crippen molar-refractivity contribution in [3.8, 4) is 0 Å². The highest BCUT2D eigenvalue weighted by molar-refractivity contribution is 5.73. The molecule has 4 fully saturated rings. The minimum atomic E-state index is -2.03. The molecular weight excluding hydrogens is 760 g/mol. The van der Waals surface area contributed by atoms with Crippen LogP contribution in [-0.4, -0.2) is 228 Å². The maximum Gasteiger partial charge on any atom is 0.217 e. The van der Waals surface area contributed by atoms with E-state index in [-0.39, 0.29) is 0 Å². The molecule has 23 heteroatoms. The lowest BCUT2D eigenvalue weighted by molar-refractivity contribution is -0.388. The van der Waals surface area contributed by atoms with Gasteiger partial charge < -0.3 is 110 Å². The summed E-state index contributed by atoms with van der Waals surface area (Å²) in [5, 5.41) is 130. The molecule has 23 nitrogen and oxygen atoms in total. The second-order valence-electron chi connectivity index (χ2n) is 15.9. The normalized spacial score (nSPS) is 45.4. The Morgan fingerprint density at radius 2 is 0.964 bits per heavy atom. The maximum atomic E-state index is 11.9. The first-order valence-corrected chi connectivity index (χ1v) is 18.3. The molecule has 4 aliphatic heterocycles. The zero-order chi connectivity index (χ0) is 42.0. The third kappa shape index (κ3) is 10.9. The molecule has 4 saturated heterocycles. The molecule has 0 saturated carbocycles. The van der Waals surface area contributed by atoms with E-state index >= 15 is 0 Å². The number of aliphatic hydroxyl groups is 12. The molecule has 15 N–H and O–H groups in total. The van der Waals surface area contributed by atoms with E-state index in [4.69, 9.17) is 43.6 Å². The summed E-state index contributed by atoms with van der Waals surface area (Å²) in [5.74, 6) is -0.691. The van der Waals surface area contributed by atoms with E-state index in [2.05, 4.69) is 5.32 Å². The summed E-state index contributed by atoms with van der Waals surface area (Å²) in [6.45, 7) is 4.62. The molecule has 0 aromatic carbocycles. The number of nitrogens with one attached hydrogen (secondary N) is 1. The van der Waals surface area contributed by atoms with Crippen LogP contribution in [0, 0.1) is 0 Å². The SMILES string of the molecule is CC(=O)NC1C(OC2C(O)C(CO)OC(OC3C(CO)OC(OC4C(CO)OC(OC(C)(C)CC(C)(C)N)C(O)C4O)C(O)C3O)C2O)OC(CO)C(O)C1O. The van der Waals surface area contributed by atoms with Crippen LogP contribution in [0.25, 0.3) is 0 Å². The van der Waals surface area contributed by atoms with E-state index in [0.29, 0.717) is 6.42 Å². The van der Waals surface area contributed by atoms with Crippen LogP contribution >= 0.6 is 0 Å². The smallest absolute Gasteiger partial charge is 0.217 e. The number of carbonyl (C=O) groups is 1. The molecule has 0 aromatic heterocycles. The zero-order valence-corrected chi connectivity index (χ0v) is 31.7. The van der Waals surface area contributed by atoms with Crippen LogP contribution in [0.5, 0.6) is 0 Å². The van der Waals surface area contributed by atoms with Crippen molar-refractivity contribution in [2.24, 2.45) is 5.73 Å². The van der Waals surface area contributed by atoms with Gasteiger partial charge in [-0.3, -0.25) is 4.79 Å². The summed E-state index contributed by atoms with van der Waals surface area (Å²) >= 11 is 0. The van der Waals surface area contributed by atoms with E-state index in [1.54, 1.807) is 27.7 Å². The van der Waals surface area contributed by atoms with Crippen molar-refractivity contribution in [1.29, 1.82) is 0 Å². The van der Waals surface area contributed by atoms with Gasteiger partial charge in [0.2, 0.25) is 5.91 Å². The minimum Gasteiger partial charge on any atom is -0.394 e. The van der Waals surface area contributed by atoms with Crippen molar-refractivity contribution in [1.82, 2.24) is 5.32 Å². The number of hydrogen-bond acceptors (Lipinski definition) is 22. The summed E-state index contributed by atoms with van der Waals surface area (Å²) in [4.78, 5) is 11.9. The highest BCUT2D eigenvalue weighted by atomic mass is 16.8. The Balaban J connectivity index is 1.48. The highest BCUT2D eigenvalue weighted by Gasteiger charge is 2.56. The van der Waals surface area contributed by atoms with Crippen LogP contribution in [0.1, 0.15) is 41.0 Å². The Labute approximate surface area is 322 Å². The van der Waals surface area contributed by atoms with Crippen LogP contribution in [0.2, 0.25) is 0 Å². The predicted molar refractivity (Wildman–Crippen MR) is 181 cm³/mol. The summed E-state index contributed by atoms with van der Waals surface area (Å²) in [5.41, 5.74) is 4.48. The maximum absolute atomic E-state index is 11.9. The van der Waals surface area contributed by atoms with E-state index in [9.17, 15) is 66.1 Å². The third-order valence-electron chi connectivity index (χ3n) is 9.90. The Kier molecular flexibility index (Phi) is 16.3. The van der Waals surface area contributed by atoms with Crippen LogP contribution in [0.4, 0.5) is 0 Å². The first-order chi connectivity index (χ1) is 26.1. The largest absolute Gasteiger partial charge is 0.394 e. The molecule has 4 rings (SSSR count). The molecule has 0 spiro atoms. The average Bonchev–Trinajstić information content (AvgIpc) is 3.11. The quantitative estimate of drug-likeness (QED) is 0.0729. The van der Waals surface area contributed by atoms with Gasteiger partial charge in [0.25, 0.3) is 0 Å². The van der Waals surface area contributed by atoms with Crippen molar-refractivity contribution in [2.75, 3.05) is 26.4 Å². The van der Waals surface area contributed by atoms with Gasteiger partial charge in [0.05, 0.1) is 32.0 Å². The fourth-order valence-corrected chi connectivity index (χ4v) is 7.48. The van der Waals surface area contributed by atoms with Crippen LogP contribution in [0.15, 0.2) is 0 Å². The predicted octanol–water partition coefficient (Wildman–Crippen LogP) is -7.67. The van der Waals surface area contributed by atoms with Crippen molar-refractivity contribution in [2.45, 2.75) is 175 Å². The number of amides is 1. The highest BCUT2D eigenvalue weighted by Crippen LogP contribution is 2.35. The minimum absolute atomic E-state index is 0.310. The number of carbonyl (C=O) groups excluding carboxylic acids is 1. The first-order valence-electron chi connectivity index (χ1n) is 18.3. The first kappa shape index (κ1) is 47.3. The molecule has 1 amide bonds. The second kappa shape index (κ2) is 19.3. The summed E-state index contributed by atoms with van der Waals surface area (Å²) in [6, 6.07) is -1.49. The number of aliphatic hydroxyl groups excluding tert-OH is 12. The molecule has 0 radical (unpaired) electrons. The van der Waals surface area contributed by atoms with E-state index in [1.165, 1.54) is 0 Å². The molecule has 4 aliphatic rings. The van der Waals surface area contributed by atoms with Gasteiger partial charge in [-0.2, -0.15) is 0 Å².